The molecule has 1 amide bonds. The summed E-state index contributed by atoms with van der Waals surface area (Å²) in [6.07, 6.45) is 1.07. The second kappa shape index (κ2) is 10.2. The zero-order valence-electron chi connectivity index (χ0n) is 17.2. The van der Waals surface area contributed by atoms with Gasteiger partial charge in [0.2, 0.25) is 15.9 Å². The summed E-state index contributed by atoms with van der Waals surface area (Å²) in [5, 5.41) is 2.77. The third kappa shape index (κ3) is 7.30. The summed E-state index contributed by atoms with van der Waals surface area (Å²) in [5.41, 5.74) is 1.53. The Labute approximate surface area is 172 Å². The molecule has 0 aliphatic rings. The molecule has 0 aliphatic carbocycles. The van der Waals surface area contributed by atoms with Crippen LogP contribution in [0.3, 0.4) is 0 Å². The largest absolute Gasteiger partial charge is 0.494 e. The molecule has 0 heterocycles. The van der Waals surface area contributed by atoms with Gasteiger partial charge in [-0.3, -0.25) is 9.10 Å². The fourth-order valence-electron chi connectivity index (χ4n) is 2.62. The average Bonchev–Trinajstić information content (AvgIpc) is 2.66. The molecule has 0 saturated heterocycles. The molecule has 7 nitrogen and oxygen atoms in total. The third-order valence-corrected chi connectivity index (χ3v) is 5.19. The zero-order chi connectivity index (χ0) is 21.4. The van der Waals surface area contributed by atoms with Crippen molar-refractivity contribution in [1.29, 1.82) is 0 Å². The number of benzene rings is 2. The van der Waals surface area contributed by atoms with E-state index >= 15 is 0 Å². The molecular formula is C21H28N2O5S. The van der Waals surface area contributed by atoms with Gasteiger partial charge in [-0.05, 0) is 57.2 Å². The van der Waals surface area contributed by atoms with Crippen molar-refractivity contribution in [1.82, 2.24) is 5.32 Å². The highest BCUT2D eigenvalue weighted by molar-refractivity contribution is 7.92. The SMILES string of the molecule is CCOc1ccc(N(CC(=O)N[C@H](C)COc2ccc(C)cc2)S(C)(=O)=O)cc1. The van der Waals surface area contributed by atoms with Crippen molar-refractivity contribution in [2.24, 2.45) is 0 Å². The summed E-state index contributed by atoms with van der Waals surface area (Å²) in [4.78, 5) is 12.4. The normalized spacial score (nSPS) is 12.1. The first-order valence-corrected chi connectivity index (χ1v) is 11.2. The molecule has 1 N–H and O–H groups in total. The van der Waals surface area contributed by atoms with Gasteiger partial charge in [-0.2, -0.15) is 0 Å². The molecule has 29 heavy (non-hydrogen) atoms. The van der Waals surface area contributed by atoms with Crippen molar-refractivity contribution in [3.63, 3.8) is 0 Å². The third-order valence-electron chi connectivity index (χ3n) is 4.05. The summed E-state index contributed by atoms with van der Waals surface area (Å²) in [6.45, 7) is 6.13. The van der Waals surface area contributed by atoms with Gasteiger partial charge in [-0.15, -0.1) is 0 Å². The van der Waals surface area contributed by atoms with Crippen LogP contribution in [0.1, 0.15) is 19.4 Å². The summed E-state index contributed by atoms with van der Waals surface area (Å²) < 4.78 is 36.5. The molecule has 2 rings (SSSR count). The second-order valence-corrected chi connectivity index (χ2v) is 8.70. The number of nitrogens with zero attached hydrogens (tertiary/aromatic N) is 1. The Morgan fingerprint density at radius 2 is 1.59 bits per heavy atom. The quantitative estimate of drug-likeness (QED) is 0.639. The van der Waals surface area contributed by atoms with E-state index in [0.29, 0.717) is 23.8 Å². The van der Waals surface area contributed by atoms with Crippen LogP contribution in [0.25, 0.3) is 0 Å². The van der Waals surface area contributed by atoms with E-state index in [4.69, 9.17) is 9.47 Å². The van der Waals surface area contributed by atoms with Gasteiger partial charge in [0.05, 0.1) is 24.6 Å². The zero-order valence-corrected chi connectivity index (χ0v) is 18.0. The first-order chi connectivity index (χ1) is 13.7. The summed E-state index contributed by atoms with van der Waals surface area (Å²) in [5.74, 6) is 0.934. The molecule has 158 valence electrons. The summed E-state index contributed by atoms with van der Waals surface area (Å²) in [7, 11) is -3.63. The van der Waals surface area contributed by atoms with Crippen LogP contribution < -0.4 is 19.1 Å². The molecular weight excluding hydrogens is 392 g/mol. The number of hydrogen-bond donors (Lipinski definition) is 1. The monoisotopic (exact) mass is 420 g/mol. The number of amides is 1. The predicted octanol–water partition coefficient (Wildman–Crippen LogP) is 2.74. The molecule has 0 aromatic heterocycles. The first-order valence-electron chi connectivity index (χ1n) is 9.38. The molecule has 0 bridgehead atoms. The highest BCUT2D eigenvalue weighted by Crippen LogP contribution is 2.21. The average molecular weight is 421 g/mol. The lowest BCUT2D eigenvalue weighted by Gasteiger charge is -2.23. The van der Waals surface area contributed by atoms with E-state index in [0.717, 1.165) is 16.1 Å². The molecule has 0 aliphatic heterocycles. The van der Waals surface area contributed by atoms with Crippen LogP contribution >= 0.6 is 0 Å². The molecule has 0 radical (unpaired) electrons. The maximum atomic E-state index is 12.4. The van der Waals surface area contributed by atoms with Crippen LogP contribution in [0.5, 0.6) is 11.5 Å². The Balaban J connectivity index is 1.96. The van der Waals surface area contributed by atoms with Crippen molar-refractivity contribution in [3.05, 3.63) is 54.1 Å². The van der Waals surface area contributed by atoms with Crippen LogP contribution in [0, 0.1) is 6.92 Å². The predicted molar refractivity (Wildman–Crippen MR) is 114 cm³/mol. The van der Waals surface area contributed by atoms with Crippen LogP contribution in [-0.4, -0.2) is 46.4 Å². The molecule has 2 aromatic carbocycles. The number of sulfonamides is 1. The molecule has 2 aromatic rings. The van der Waals surface area contributed by atoms with E-state index in [2.05, 4.69) is 5.32 Å². The van der Waals surface area contributed by atoms with Gasteiger partial charge in [0.25, 0.3) is 0 Å². The van der Waals surface area contributed by atoms with Crippen LogP contribution in [0.15, 0.2) is 48.5 Å². The van der Waals surface area contributed by atoms with Gasteiger partial charge >= 0.3 is 0 Å². The Hall–Kier alpha value is -2.74. The Morgan fingerprint density at radius 3 is 2.14 bits per heavy atom. The van der Waals surface area contributed by atoms with E-state index < -0.39 is 15.9 Å². The van der Waals surface area contributed by atoms with Gasteiger partial charge in [0, 0.05) is 0 Å². The highest BCUT2D eigenvalue weighted by atomic mass is 32.2. The van der Waals surface area contributed by atoms with Gasteiger partial charge in [0.15, 0.2) is 0 Å². The van der Waals surface area contributed by atoms with E-state index in [1.807, 2.05) is 38.1 Å². The van der Waals surface area contributed by atoms with Gasteiger partial charge in [0.1, 0.15) is 24.7 Å². The smallest absolute Gasteiger partial charge is 0.241 e. The lowest BCUT2D eigenvalue weighted by Crippen LogP contribution is -2.44. The number of nitrogens with one attached hydrogen (secondary N) is 1. The molecule has 0 unspecified atom stereocenters. The molecule has 0 spiro atoms. The minimum Gasteiger partial charge on any atom is -0.494 e. The van der Waals surface area contributed by atoms with E-state index in [1.54, 1.807) is 31.2 Å². The Morgan fingerprint density at radius 1 is 1.03 bits per heavy atom. The Kier molecular flexibility index (Phi) is 7.90. The van der Waals surface area contributed by atoms with Crippen LogP contribution in [0.2, 0.25) is 0 Å². The summed E-state index contributed by atoms with van der Waals surface area (Å²) in [6, 6.07) is 13.9. The number of hydrogen-bond acceptors (Lipinski definition) is 5. The molecule has 1 atom stereocenters. The van der Waals surface area contributed by atoms with Crippen LogP contribution in [-0.2, 0) is 14.8 Å². The second-order valence-electron chi connectivity index (χ2n) is 6.79. The maximum absolute atomic E-state index is 12.4. The number of anilines is 1. The number of ether oxygens (including phenoxy) is 2. The standard InChI is InChI=1S/C21H28N2O5S/c1-5-27-19-12-8-18(9-13-19)23(29(4,25)26)14-21(24)22-17(3)15-28-20-10-6-16(2)7-11-20/h6-13,17H,5,14-15H2,1-4H3,(H,22,24)/t17-/m1/s1. The van der Waals surface area contributed by atoms with Crippen LogP contribution in [0.4, 0.5) is 5.69 Å². The fraction of sp³-hybridized carbons (Fsp3) is 0.381. The number of aryl methyl sites for hydroxylation is 1. The molecule has 0 saturated carbocycles. The number of rotatable bonds is 10. The minimum absolute atomic E-state index is 0.275. The highest BCUT2D eigenvalue weighted by Gasteiger charge is 2.21. The van der Waals surface area contributed by atoms with E-state index in [-0.39, 0.29) is 19.2 Å². The fourth-order valence-corrected chi connectivity index (χ4v) is 3.48. The van der Waals surface area contributed by atoms with Gasteiger partial charge < -0.3 is 14.8 Å². The van der Waals surface area contributed by atoms with Crippen molar-refractivity contribution in [3.8, 4) is 11.5 Å². The maximum Gasteiger partial charge on any atom is 0.241 e. The lowest BCUT2D eigenvalue weighted by atomic mass is 10.2. The van der Waals surface area contributed by atoms with E-state index in [1.165, 1.54) is 0 Å². The van der Waals surface area contributed by atoms with Gasteiger partial charge in [-0.1, -0.05) is 17.7 Å². The minimum atomic E-state index is -3.63. The first kappa shape index (κ1) is 22.5. The Bertz CT molecular complexity index is 896. The van der Waals surface area contributed by atoms with Gasteiger partial charge in [-0.25, -0.2) is 8.42 Å². The van der Waals surface area contributed by atoms with Crippen molar-refractivity contribution in [2.45, 2.75) is 26.8 Å². The topological polar surface area (TPSA) is 84.9 Å². The van der Waals surface area contributed by atoms with E-state index in [9.17, 15) is 13.2 Å². The molecule has 0 fully saturated rings. The van der Waals surface area contributed by atoms with Crippen molar-refractivity contribution >= 4 is 21.6 Å². The lowest BCUT2D eigenvalue weighted by molar-refractivity contribution is -0.120. The van der Waals surface area contributed by atoms with Crippen molar-refractivity contribution in [2.75, 3.05) is 30.3 Å². The van der Waals surface area contributed by atoms with Crippen molar-refractivity contribution < 1.29 is 22.7 Å². The number of carbonyl (C=O) groups is 1. The molecule has 8 heteroatoms. The summed E-state index contributed by atoms with van der Waals surface area (Å²) >= 11 is 0. The number of carbonyl (C=O) groups excluding carboxylic acids is 1.